The van der Waals surface area contributed by atoms with Gasteiger partial charge < -0.3 is 14.9 Å². The monoisotopic (exact) mass is 392 g/mol. The SMILES string of the molecule is CN(C)Cc1ccc(P(c2ccc(CN(C)C)cc2)c2ccccc2O)cc1. The molecule has 0 aliphatic heterocycles. The summed E-state index contributed by atoms with van der Waals surface area (Å²) in [6, 6.07) is 25.4. The second kappa shape index (κ2) is 9.34. The van der Waals surface area contributed by atoms with Crippen molar-refractivity contribution in [2.45, 2.75) is 13.1 Å². The van der Waals surface area contributed by atoms with Gasteiger partial charge in [0.2, 0.25) is 0 Å². The van der Waals surface area contributed by atoms with Crippen LogP contribution in [0.2, 0.25) is 0 Å². The highest BCUT2D eigenvalue weighted by Gasteiger charge is 2.19. The van der Waals surface area contributed by atoms with Gasteiger partial charge in [0.15, 0.2) is 0 Å². The van der Waals surface area contributed by atoms with Crippen LogP contribution in [0.3, 0.4) is 0 Å². The van der Waals surface area contributed by atoms with Gasteiger partial charge in [-0.15, -0.1) is 0 Å². The van der Waals surface area contributed by atoms with Crippen molar-refractivity contribution in [1.82, 2.24) is 9.80 Å². The number of benzene rings is 3. The lowest BCUT2D eigenvalue weighted by Gasteiger charge is -2.21. The van der Waals surface area contributed by atoms with Crippen LogP contribution >= 0.6 is 7.92 Å². The van der Waals surface area contributed by atoms with E-state index in [1.165, 1.54) is 21.7 Å². The van der Waals surface area contributed by atoms with Crippen LogP contribution in [0, 0.1) is 0 Å². The van der Waals surface area contributed by atoms with E-state index in [9.17, 15) is 5.11 Å². The molecule has 0 spiro atoms. The molecule has 0 radical (unpaired) electrons. The Bertz CT molecular complexity index is 836. The van der Waals surface area contributed by atoms with Gasteiger partial charge in [0.25, 0.3) is 0 Å². The summed E-state index contributed by atoms with van der Waals surface area (Å²) >= 11 is 0. The molecule has 0 heterocycles. The number of para-hydroxylation sites is 1. The first-order chi connectivity index (χ1) is 13.4. The third-order valence-electron chi connectivity index (χ3n) is 4.51. The molecule has 3 rings (SSSR count). The molecule has 3 aromatic carbocycles. The van der Waals surface area contributed by atoms with E-state index >= 15 is 0 Å². The first-order valence-electron chi connectivity index (χ1n) is 9.49. The van der Waals surface area contributed by atoms with Crippen molar-refractivity contribution in [3.63, 3.8) is 0 Å². The van der Waals surface area contributed by atoms with E-state index in [-0.39, 0.29) is 0 Å². The largest absolute Gasteiger partial charge is 0.507 e. The van der Waals surface area contributed by atoms with Gasteiger partial charge in [-0.2, -0.15) is 0 Å². The van der Waals surface area contributed by atoms with Crippen LogP contribution in [0.5, 0.6) is 5.75 Å². The first-order valence-corrected chi connectivity index (χ1v) is 10.8. The minimum atomic E-state index is -0.809. The minimum absolute atomic E-state index is 0.364. The molecule has 0 aliphatic carbocycles. The summed E-state index contributed by atoms with van der Waals surface area (Å²) in [6.07, 6.45) is 0. The standard InChI is InChI=1S/C24H29N2OP/c1-25(2)17-19-9-13-21(14-10-19)28(24-8-6-5-7-23(24)27)22-15-11-20(12-16-22)18-26(3)4/h5-16,27H,17-18H2,1-4H3. The predicted octanol–water partition coefficient (Wildman–Crippen LogP) is 3.27. The molecule has 0 amide bonds. The zero-order chi connectivity index (χ0) is 20.1. The van der Waals surface area contributed by atoms with Crippen molar-refractivity contribution in [3.8, 4) is 5.75 Å². The summed E-state index contributed by atoms with van der Waals surface area (Å²) in [7, 11) is 7.52. The second-order valence-electron chi connectivity index (χ2n) is 7.63. The van der Waals surface area contributed by atoms with E-state index in [2.05, 4.69) is 86.5 Å². The van der Waals surface area contributed by atoms with E-state index in [4.69, 9.17) is 0 Å². The number of hydrogen-bond donors (Lipinski definition) is 1. The predicted molar refractivity (Wildman–Crippen MR) is 122 cm³/mol. The van der Waals surface area contributed by atoms with Crippen LogP contribution in [0.15, 0.2) is 72.8 Å². The Kier molecular flexibility index (Phi) is 6.85. The maximum atomic E-state index is 10.6. The summed E-state index contributed by atoms with van der Waals surface area (Å²) in [4.78, 5) is 4.34. The van der Waals surface area contributed by atoms with Crippen molar-refractivity contribution >= 4 is 23.8 Å². The van der Waals surface area contributed by atoms with E-state index in [0.29, 0.717) is 5.75 Å². The van der Waals surface area contributed by atoms with Gasteiger partial charge in [-0.3, -0.25) is 0 Å². The molecule has 0 saturated heterocycles. The van der Waals surface area contributed by atoms with Crippen LogP contribution < -0.4 is 15.9 Å². The lowest BCUT2D eigenvalue weighted by Crippen LogP contribution is -2.21. The zero-order valence-corrected chi connectivity index (χ0v) is 18.0. The van der Waals surface area contributed by atoms with Crippen molar-refractivity contribution in [3.05, 3.63) is 83.9 Å². The molecule has 1 N–H and O–H groups in total. The smallest absolute Gasteiger partial charge is 0.123 e. The third-order valence-corrected chi connectivity index (χ3v) is 7.00. The number of phenols is 1. The molecule has 0 fully saturated rings. The van der Waals surface area contributed by atoms with Gasteiger partial charge in [0.05, 0.1) is 0 Å². The van der Waals surface area contributed by atoms with E-state index < -0.39 is 7.92 Å². The summed E-state index contributed by atoms with van der Waals surface area (Å²) in [5.41, 5.74) is 2.59. The fraction of sp³-hybridized carbons (Fsp3) is 0.250. The Morgan fingerprint density at radius 2 is 1.07 bits per heavy atom. The first kappa shape index (κ1) is 20.5. The summed E-state index contributed by atoms with van der Waals surface area (Å²) in [6.45, 7) is 1.85. The highest BCUT2D eigenvalue weighted by molar-refractivity contribution is 7.80. The second-order valence-corrected chi connectivity index (χ2v) is 9.82. The zero-order valence-electron chi connectivity index (χ0n) is 17.1. The topological polar surface area (TPSA) is 26.7 Å². The van der Waals surface area contributed by atoms with Crippen LogP contribution in [0.4, 0.5) is 0 Å². The fourth-order valence-corrected chi connectivity index (χ4v) is 5.60. The fourth-order valence-electron chi connectivity index (χ4n) is 3.31. The number of aromatic hydroxyl groups is 1. The average Bonchev–Trinajstić information content (AvgIpc) is 2.65. The van der Waals surface area contributed by atoms with Crippen LogP contribution in [-0.2, 0) is 13.1 Å². The molecule has 3 nitrogen and oxygen atoms in total. The van der Waals surface area contributed by atoms with Crippen molar-refractivity contribution in [2.75, 3.05) is 28.2 Å². The van der Waals surface area contributed by atoms with Gasteiger partial charge in [0, 0.05) is 18.4 Å². The normalized spacial score (nSPS) is 11.5. The molecule has 0 atom stereocenters. The van der Waals surface area contributed by atoms with Gasteiger partial charge in [-0.05, 0) is 63.9 Å². The quantitative estimate of drug-likeness (QED) is 0.625. The maximum absolute atomic E-state index is 10.6. The molecule has 0 aliphatic rings. The minimum Gasteiger partial charge on any atom is -0.507 e. The van der Waals surface area contributed by atoms with Gasteiger partial charge in [-0.25, -0.2) is 0 Å². The molecule has 4 heteroatoms. The Hall–Kier alpha value is -2.19. The third kappa shape index (κ3) is 5.20. The van der Waals surface area contributed by atoms with Gasteiger partial charge >= 0.3 is 0 Å². The number of nitrogens with zero attached hydrogens (tertiary/aromatic N) is 2. The molecular weight excluding hydrogens is 363 g/mol. The Morgan fingerprint density at radius 1 is 0.643 bits per heavy atom. The van der Waals surface area contributed by atoms with Crippen molar-refractivity contribution < 1.29 is 5.11 Å². The average molecular weight is 392 g/mol. The maximum Gasteiger partial charge on any atom is 0.123 e. The van der Waals surface area contributed by atoms with Crippen molar-refractivity contribution in [2.24, 2.45) is 0 Å². The van der Waals surface area contributed by atoms with Crippen LogP contribution in [0.25, 0.3) is 0 Å². The van der Waals surface area contributed by atoms with E-state index in [1.54, 1.807) is 6.07 Å². The molecule has 0 bridgehead atoms. The van der Waals surface area contributed by atoms with Gasteiger partial charge in [0.1, 0.15) is 5.75 Å². The lowest BCUT2D eigenvalue weighted by atomic mass is 10.2. The molecule has 3 aromatic rings. The van der Waals surface area contributed by atoms with E-state index in [1.807, 2.05) is 18.2 Å². The number of rotatable bonds is 7. The van der Waals surface area contributed by atoms with Crippen LogP contribution in [0.1, 0.15) is 11.1 Å². The van der Waals surface area contributed by atoms with Crippen molar-refractivity contribution in [1.29, 1.82) is 0 Å². The molecule has 146 valence electrons. The molecule has 0 unspecified atom stereocenters. The van der Waals surface area contributed by atoms with Gasteiger partial charge in [-0.1, -0.05) is 66.7 Å². The molecule has 0 aromatic heterocycles. The summed E-state index contributed by atoms with van der Waals surface area (Å²) < 4.78 is 0. The van der Waals surface area contributed by atoms with Crippen LogP contribution in [-0.4, -0.2) is 43.1 Å². The Labute approximate surface area is 170 Å². The lowest BCUT2D eigenvalue weighted by molar-refractivity contribution is 0.402. The highest BCUT2D eigenvalue weighted by atomic mass is 31.1. The molecule has 28 heavy (non-hydrogen) atoms. The Balaban J connectivity index is 2.00. The summed E-state index contributed by atoms with van der Waals surface area (Å²) in [5.74, 6) is 0.364. The molecular formula is C24H29N2OP. The number of hydrogen-bond acceptors (Lipinski definition) is 3. The highest BCUT2D eigenvalue weighted by Crippen LogP contribution is 2.36. The number of phenolic OH excluding ortho intramolecular Hbond substituents is 1. The van der Waals surface area contributed by atoms with E-state index in [0.717, 1.165) is 18.4 Å². The summed E-state index contributed by atoms with van der Waals surface area (Å²) in [5, 5.41) is 14.1. The molecule has 0 saturated carbocycles. The Morgan fingerprint density at radius 3 is 1.46 bits per heavy atom.